The molecule has 134 valence electrons. The van der Waals surface area contributed by atoms with Crippen LogP contribution in [0, 0.1) is 11.3 Å². The summed E-state index contributed by atoms with van der Waals surface area (Å²) in [6, 6.07) is 1.97. The number of phenols is 2. The van der Waals surface area contributed by atoms with Crippen LogP contribution in [0.4, 0.5) is 0 Å². The van der Waals surface area contributed by atoms with Crippen LogP contribution < -0.4 is 0 Å². The Hall–Kier alpha value is -1.26. The molecule has 0 bridgehead atoms. The van der Waals surface area contributed by atoms with Gasteiger partial charge in [-0.1, -0.05) is 33.3 Å². The first-order valence-corrected chi connectivity index (χ1v) is 9.08. The summed E-state index contributed by atoms with van der Waals surface area (Å²) in [5.74, 6) is -0.0194. The standard InChI is InChI=1S/C20H30O4/c1-12(10-21)14-9-13-5-6-15-19(2,11-22)7-4-8-20(15,3)16(13)18(24)17(14)23/h9,12,15,21-24H,4-8,10-11H2,1-3H3/t12?,15-,19+,20-/m0/s1. The van der Waals surface area contributed by atoms with Crippen molar-refractivity contribution in [1.82, 2.24) is 0 Å². The molecule has 1 unspecified atom stereocenters. The van der Waals surface area contributed by atoms with E-state index < -0.39 is 0 Å². The minimum Gasteiger partial charge on any atom is -0.504 e. The molecule has 0 saturated heterocycles. The van der Waals surface area contributed by atoms with Crippen LogP contribution >= 0.6 is 0 Å². The highest BCUT2D eigenvalue weighted by atomic mass is 16.3. The molecular formula is C20H30O4. The van der Waals surface area contributed by atoms with E-state index in [0.29, 0.717) is 11.5 Å². The lowest BCUT2D eigenvalue weighted by molar-refractivity contribution is -0.0188. The molecule has 0 radical (unpaired) electrons. The lowest BCUT2D eigenvalue weighted by Gasteiger charge is -2.55. The van der Waals surface area contributed by atoms with Gasteiger partial charge in [-0.15, -0.1) is 0 Å². The highest BCUT2D eigenvalue weighted by Gasteiger charge is 2.53. The average Bonchev–Trinajstić information content (AvgIpc) is 2.56. The van der Waals surface area contributed by atoms with Gasteiger partial charge in [0.05, 0.1) is 0 Å². The number of hydrogen-bond acceptors (Lipinski definition) is 4. The van der Waals surface area contributed by atoms with E-state index >= 15 is 0 Å². The first kappa shape index (κ1) is 17.6. The van der Waals surface area contributed by atoms with Crippen molar-refractivity contribution < 1.29 is 20.4 Å². The SMILES string of the molecule is CC(CO)c1cc2c(c(O)c1O)[C@@]1(C)CCC[C@](C)(CO)[C@@H]1CC2. The van der Waals surface area contributed by atoms with Gasteiger partial charge in [0, 0.05) is 30.3 Å². The molecular weight excluding hydrogens is 304 g/mol. The van der Waals surface area contributed by atoms with Gasteiger partial charge in [-0.2, -0.15) is 0 Å². The molecule has 0 aromatic heterocycles. The third-order valence-electron chi connectivity index (χ3n) is 6.88. The molecule has 3 rings (SSSR count). The highest BCUT2D eigenvalue weighted by Crippen LogP contribution is 2.60. The Kier molecular flexibility index (Phi) is 4.33. The number of aromatic hydroxyl groups is 2. The van der Waals surface area contributed by atoms with Crippen molar-refractivity contribution in [3.05, 3.63) is 22.8 Å². The largest absolute Gasteiger partial charge is 0.504 e. The van der Waals surface area contributed by atoms with Gasteiger partial charge in [0.25, 0.3) is 0 Å². The molecule has 2 aliphatic rings. The molecule has 0 spiro atoms. The lowest BCUT2D eigenvalue weighted by atomic mass is 9.50. The van der Waals surface area contributed by atoms with E-state index in [1.807, 2.05) is 13.0 Å². The monoisotopic (exact) mass is 334 g/mol. The number of aryl methyl sites for hydroxylation is 1. The number of fused-ring (bicyclic) bond motifs is 3. The average molecular weight is 334 g/mol. The van der Waals surface area contributed by atoms with E-state index in [0.717, 1.165) is 43.2 Å². The molecule has 24 heavy (non-hydrogen) atoms. The summed E-state index contributed by atoms with van der Waals surface area (Å²) in [4.78, 5) is 0. The Bertz CT molecular complexity index is 641. The molecule has 4 N–H and O–H groups in total. The summed E-state index contributed by atoms with van der Waals surface area (Å²) in [5, 5.41) is 40.8. The van der Waals surface area contributed by atoms with E-state index in [9.17, 15) is 20.4 Å². The maximum absolute atomic E-state index is 10.8. The Labute approximate surface area is 144 Å². The second-order valence-electron chi connectivity index (χ2n) is 8.46. The number of aliphatic hydroxyl groups excluding tert-OH is 2. The van der Waals surface area contributed by atoms with Crippen LogP contribution in [0.15, 0.2) is 6.07 Å². The molecule has 0 amide bonds. The zero-order valence-corrected chi connectivity index (χ0v) is 15.0. The van der Waals surface area contributed by atoms with Crippen LogP contribution in [-0.2, 0) is 11.8 Å². The molecule has 4 nitrogen and oxygen atoms in total. The van der Waals surface area contributed by atoms with Crippen LogP contribution in [0.2, 0.25) is 0 Å². The van der Waals surface area contributed by atoms with Gasteiger partial charge in [-0.25, -0.2) is 0 Å². The predicted molar refractivity (Wildman–Crippen MR) is 93.5 cm³/mol. The fourth-order valence-corrected chi connectivity index (χ4v) is 5.48. The van der Waals surface area contributed by atoms with E-state index in [2.05, 4.69) is 13.8 Å². The van der Waals surface area contributed by atoms with Gasteiger partial charge in [-0.3, -0.25) is 0 Å². The van der Waals surface area contributed by atoms with Crippen molar-refractivity contribution in [2.45, 2.75) is 64.2 Å². The van der Waals surface area contributed by atoms with Crippen molar-refractivity contribution in [2.24, 2.45) is 11.3 Å². The highest BCUT2D eigenvalue weighted by molar-refractivity contribution is 5.59. The third-order valence-corrected chi connectivity index (χ3v) is 6.88. The van der Waals surface area contributed by atoms with E-state index in [1.54, 1.807) is 0 Å². The number of hydrogen-bond donors (Lipinski definition) is 4. The maximum atomic E-state index is 10.8. The molecule has 2 aliphatic carbocycles. The third kappa shape index (κ3) is 2.34. The van der Waals surface area contributed by atoms with Gasteiger partial charge in [0.2, 0.25) is 0 Å². The van der Waals surface area contributed by atoms with Crippen molar-refractivity contribution >= 4 is 0 Å². The number of rotatable bonds is 3. The summed E-state index contributed by atoms with van der Waals surface area (Å²) in [6.07, 6.45) is 4.80. The van der Waals surface area contributed by atoms with E-state index in [4.69, 9.17) is 0 Å². The van der Waals surface area contributed by atoms with Crippen LogP contribution in [0.3, 0.4) is 0 Å². The van der Waals surface area contributed by atoms with Crippen LogP contribution in [0.5, 0.6) is 11.5 Å². The fourth-order valence-electron chi connectivity index (χ4n) is 5.48. The van der Waals surface area contributed by atoms with Gasteiger partial charge in [0.15, 0.2) is 11.5 Å². The molecule has 1 aromatic carbocycles. The van der Waals surface area contributed by atoms with E-state index in [-0.39, 0.29) is 41.5 Å². The number of benzene rings is 1. The van der Waals surface area contributed by atoms with Crippen molar-refractivity contribution in [2.75, 3.05) is 13.2 Å². The molecule has 1 aromatic rings. The molecule has 0 heterocycles. The maximum Gasteiger partial charge on any atom is 0.161 e. The summed E-state index contributed by atoms with van der Waals surface area (Å²) in [6.45, 7) is 6.27. The number of phenolic OH excluding ortho intramolecular Hbond substituents is 2. The molecule has 1 saturated carbocycles. The van der Waals surface area contributed by atoms with Gasteiger partial charge < -0.3 is 20.4 Å². The van der Waals surface area contributed by atoms with Crippen LogP contribution in [0.1, 0.15) is 69.1 Å². The van der Waals surface area contributed by atoms with Crippen molar-refractivity contribution in [1.29, 1.82) is 0 Å². The summed E-state index contributed by atoms with van der Waals surface area (Å²) in [7, 11) is 0. The summed E-state index contributed by atoms with van der Waals surface area (Å²) < 4.78 is 0. The van der Waals surface area contributed by atoms with E-state index in [1.165, 1.54) is 0 Å². The minimum atomic E-state index is -0.230. The molecule has 4 atom stereocenters. The van der Waals surface area contributed by atoms with Crippen LogP contribution in [-0.4, -0.2) is 33.6 Å². The second kappa shape index (κ2) is 5.92. The zero-order chi connectivity index (χ0) is 17.7. The summed E-state index contributed by atoms with van der Waals surface area (Å²) in [5.41, 5.74) is 2.21. The lowest BCUT2D eigenvalue weighted by Crippen LogP contribution is -2.50. The first-order valence-electron chi connectivity index (χ1n) is 9.08. The van der Waals surface area contributed by atoms with Gasteiger partial charge in [-0.05, 0) is 48.0 Å². The van der Waals surface area contributed by atoms with Gasteiger partial charge >= 0.3 is 0 Å². The quantitative estimate of drug-likeness (QED) is 0.640. The number of aliphatic hydroxyl groups is 2. The van der Waals surface area contributed by atoms with Crippen molar-refractivity contribution in [3.63, 3.8) is 0 Å². The Morgan fingerprint density at radius 2 is 1.88 bits per heavy atom. The van der Waals surface area contributed by atoms with Crippen molar-refractivity contribution in [3.8, 4) is 11.5 Å². The first-order chi connectivity index (χ1) is 11.3. The Balaban J connectivity index is 2.16. The summed E-state index contributed by atoms with van der Waals surface area (Å²) >= 11 is 0. The molecule has 4 heteroatoms. The Morgan fingerprint density at radius 3 is 2.50 bits per heavy atom. The fraction of sp³-hybridized carbons (Fsp3) is 0.700. The smallest absolute Gasteiger partial charge is 0.161 e. The predicted octanol–water partition coefficient (Wildman–Crippen LogP) is 3.20. The zero-order valence-electron chi connectivity index (χ0n) is 15.0. The second-order valence-corrected chi connectivity index (χ2v) is 8.46. The van der Waals surface area contributed by atoms with Crippen LogP contribution in [0.25, 0.3) is 0 Å². The Morgan fingerprint density at radius 1 is 1.17 bits per heavy atom. The topological polar surface area (TPSA) is 80.9 Å². The minimum absolute atomic E-state index is 0.0165. The van der Waals surface area contributed by atoms with Gasteiger partial charge in [0.1, 0.15) is 0 Å². The molecule has 1 fully saturated rings. The molecule has 0 aliphatic heterocycles. The normalized spacial score (nSPS) is 33.6.